The number of aromatic nitrogens is 1. The van der Waals surface area contributed by atoms with Gasteiger partial charge in [0, 0.05) is 44.1 Å². The van der Waals surface area contributed by atoms with E-state index in [4.69, 9.17) is 19.9 Å². The van der Waals surface area contributed by atoms with Gasteiger partial charge in [-0.05, 0) is 55.3 Å². The van der Waals surface area contributed by atoms with Crippen LogP contribution < -0.4 is 25.8 Å². The summed E-state index contributed by atoms with van der Waals surface area (Å²) >= 11 is 0. The molecule has 1 fully saturated rings. The van der Waals surface area contributed by atoms with Gasteiger partial charge < -0.3 is 35.5 Å². The van der Waals surface area contributed by atoms with E-state index >= 15 is 0 Å². The summed E-state index contributed by atoms with van der Waals surface area (Å²) < 4.78 is 16.1. The van der Waals surface area contributed by atoms with Crippen molar-refractivity contribution in [3.8, 4) is 11.5 Å². The van der Waals surface area contributed by atoms with Crippen molar-refractivity contribution >= 4 is 29.0 Å². The number of urea groups is 1. The van der Waals surface area contributed by atoms with Gasteiger partial charge in [0.1, 0.15) is 5.69 Å². The molecule has 2 aromatic carbocycles. The molecule has 3 amide bonds. The van der Waals surface area contributed by atoms with Gasteiger partial charge >= 0.3 is 6.03 Å². The molecule has 11 heteroatoms. The van der Waals surface area contributed by atoms with E-state index in [0.717, 1.165) is 51.3 Å². The van der Waals surface area contributed by atoms with Gasteiger partial charge in [0.25, 0.3) is 5.91 Å². The summed E-state index contributed by atoms with van der Waals surface area (Å²) in [7, 11) is 3.12. The number of pyridine rings is 1. The van der Waals surface area contributed by atoms with E-state index in [0.29, 0.717) is 41.7 Å². The highest BCUT2D eigenvalue weighted by molar-refractivity contribution is 6.04. The largest absolute Gasteiger partial charge is 0.493 e. The predicted octanol–water partition coefficient (Wildman–Crippen LogP) is 4.08. The zero-order valence-electron chi connectivity index (χ0n) is 23.6. The van der Waals surface area contributed by atoms with Crippen molar-refractivity contribution in [3.05, 3.63) is 72.1 Å². The quantitative estimate of drug-likeness (QED) is 0.222. The Morgan fingerprint density at radius 1 is 1.00 bits per heavy atom. The molecule has 0 unspecified atom stereocenters. The van der Waals surface area contributed by atoms with Crippen molar-refractivity contribution < 1.29 is 23.8 Å². The first kappa shape index (κ1) is 29.6. The van der Waals surface area contributed by atoms with Crippen LogP contribution in [0.15, 0.2) is 60.8 Å². The summed E-state index contributed by atoms with van der Waals surface area (Å²) in [4.78, 5) is 34.5. The molecular weight excluding hydrogens is 524 g/mol. The minimum atomic E-state index is -0.361. The van der Waals surface area contributed by atoms with Crippen LogP contribution in [0.3, 0.4) is 0 Å². The molecule has 41 heavy (non-hydrogen) atoms. The second kappa shape index (κ2) is 14.9. The number of nitrogens with one attached hydrogen (secondary N) is 2. The van der Waals surface area contributed by atoms with E-state index in [1.165, 1.54) is 0 Å². The first-order chi connectivity index (χ1) is 20.0. The average Bonchev–Trinajstić information content (AvgIpc) is 3.00. The van der Waals surface area contributed by atoms with Crippen LogP contribution in [0.5, 0.6) is 11.5 Å². The van der Waals surface area contributed by atoms with Crippen LogP contribution in [-0.4, -0.2) is 80.3 Å². The highest BCUT2D eigenvalue weighted by atomic mass is 16.5. The van der Waals surface area contributed by atoms with Gasteiger partial charge in [-0.3, -0.25) is 14.7 Å². The van der Waals surface area contributed by atoms with Gasteiger partial charge in [-0.15, -0.1) is 0 Å². The number of para-hydroxylation sites is 2. The molecule has 0 aliphatic carbocycles. The van der Waals surface area contributed by atoms with Crippen LogP contribution in [0, 0.1) is 0 Å². The fourth-order valence-electron chi connectivity index (χ4n) is 4.50. The van der Waals surface area contributed by atoms with Crippen LogP contribution in [0.1, 0.15) is 28.9 Å². The molecular formula is C30H38N6O5. The van der Waals surface area contributed by atoms with E-state index in [-0.39, 0.29) is 17.6 Å². The fraction of sp³-hybridized carbons (Fsp3) is 0.367. The number of nitrogens with two attached hydrogens (primary N) is 1. The maximum Gasteiger partial charge on any atom is 0.322 e. The number of hydrogen-bond donors (Lipinski definition) is 3. The Kier molecular flexibility index (Phi) is 10.7. The lowest BCUT2D eigenvalue weighted by Crippen LogP contribution is -2.38. The SMILES string of the molecule is COc1ccc(NC(=O)N(CCCCN2CCOCC2)Cc2ccc(C(=O)Nc3ccccc3N)nc2)cc1OC. The molecule has 0 atom stereocenters. The van der Waals surface area contributed by atoms with Crippen molar-refractivity contribution in [3.63, 3.8) is 0 Å². The lowest BCUT2D eigenvalue weighted by atomic mass is 10.2. The summed E-state index contributed by atoms with van der Waals surface area (Å²) in [6, 6.07) is 15.5. The molecule has 1 aliphatic heterocycles. The Morgan fingerprint density at radius 2 is 1.78 bits per heavy atom. The molecule has 0 spiro atoms. The summed E-state index contributed by atoms with van der Waals surface area (Å²) in [5.41, 5.74) is 8.58. The number of rotatable bonds is 12. The van der Waals surface area contributed by atoms with E-state index < -0.39 is 0 Å². The zero-order chi connectivity index (χ0) is 29.0. The fourth-order valence-corrected chi connectivity index (χ4v) is 4.50. The second-order valence-corrected chi connectivity index (χ2v) is 9.68. The number of anilines is 3. The van der Waals surface area contributed by atoms with Crippen LogP contribution in [0.4, 0.5) is 21.9 Å². The summed E-state index contributed by atoms with van der Waals surface area (Å²) in [6.07, 6.45) is 3.41. The van der Waals surface area contributed by atoms with Crippen molar-refractivity contribution in [1.82, 2.24) is 14.8 Å². The Bertz CT molecular complexity index is 1300. The second-order valence-electron chi connectivity index (χ2n) is 9.68. The molecule has 3 aromatic rings. The predicted molar refractivity (Wildman–Crippen MR) is 159 cm³/mol. The van der Waals surface area contributed by atoms with E-state index in [1.807, 2.05) is 0 Å². The number of nitrogens with zero attached hydrogens (tertiary/aromatic N) is 3. The topological polar surface area (TPSA) is 131 Å². The molecule has 1 aliphatic rings. The van der Waals surface area contributed by atoms with Gasteiger partial charge in [0.2, 0.25) is 0 Å². The summed E-state index contributed by atoms with van der Waals surface area (Å²) in [5.74, 6) is 0.744. The third kappa shape index (κ3) is 8.57. The van der Waals surface area contributed by atoms with E-state index in [9.17, 15) is 9.59 Å². The molecule has 218 valence electrons. The standard InChI is InChI=1S/C30H38N6O5/c1-39-27-12-10-23(19-28(27)40-2)33-30(38)36(14-6-5-13-35-15-17-41-18-16-35)21-22-9-11-26(32-20-22)29(37)34-25-8-4-3-7-24(25)31/h3-4,7-12,19-20H,5-6,13-18,21,31H2,1-2H3,(H,33,38)(H,34,37). The molecule has 11 nitrogen and oxygen atoms in total. The molecule has 1 saturated heterocycles. The van der Waals surface area contributed by atoms with Gasteiger partial charge in [-0.25, -0.2) is 4.79 Å². The van der Waals surface area contributed by atoms with E-state index in [2.05, 4.69) is 20.5 Å². The number of unbranched alkanes of at least 4 members (excludes halogenated alkanes) is 1. The lowest BCUT2D eigenvalue weighted by molar-refractivity contribution is 0.0370. The maximum absolute atomic E-state index is 13.4. The third-order valence-electron chi connectivity index (χ3n) is 6.82. The smallest absolute Gasteiger partial charge is 0.322 e. The molecule has 0 radical (unpaired) electrons. The van der Waals surface area contributed by atoms with Gasteiger partial charge in [-0.1, -0.05) is 18.2 Å². The van der Waals surface area contributed by atoms with Gasteiger partial charge in [0.05, 0.1) is 38.8 Å². The third-order valence-corrected chi connectivity index (χ3v) is 6.82. The normalized spacial score (nSPS) is 13.3. The summed E-state index contributed by atoms with van der Waals surface area (Å²) in [6.45, 7) is 5.25. The van der Waals surface area contributed by atoms with Crippen molar-refractivity contribution in [2.45, 2.75) is 19.4 Å². The molecule has 4 rings (SSSR count). The number of benzene rings is 2. The zero-order valence-corrected chi connectivity index (χ0v) is 23.6. The van der Waals surface area contributed by atoms with E-state index in [1.54, 1.807) is 79.9 Å². The Morgan fingerprint density at radius 3 is 2.49 bits per heavy atom. The highest BCUT2D eigenvalue weighted by Crippen LogP contribution is 2.30. The minimum absolute atomic E-state index is 0.245. The average molecular weight is 563 g/mol. The van der Waals surface area contributed by atoms with Crippen LogP contribution in [0.25, 0.3) is 0 Å². The summed E-state index contributed by atoms with van der Waals surface area (Å²) in [5, 5.41) is 5.75. The number of ether oxygens (including phenoxy) is 3. The molecule has 4 N–H and O–H groups in total. The number of amides is 3. The van der Waals surface area contributed by atoms with Crippen molar-refractivity contribution in [2.75, 3.05) is 70.0 Å². The highest BCUT2D eigenvalue weighted by Gasteiger charge is 2.17. The molecule has 0 saturated carbocycles. The van der Waals surface area contributed by atoms with Crippen molar-refractivity contribution in [1.29, 1.82) is 0 Å². The number of hydrogen-bond acceptors (Lipinski definition) is 8. The van der Waals surface area contributed by atoms with Crippen molar-refractivity contribution in [2.24, 2.45) is 0 Å². The van der Waals surface area contributed by atoms with Crippen LogP contribution in [-0.2, 0) is 11.3 Å². The van der Waals surface area contributed by atoms with Gasteiger partial charge in [0.15, 0.2) is 11.5 Å². The van der Waals surface area contributed by atoms with Gasteiger partial charge in [-0.2, -0.15) is 0 Å². The number of morpholine rings is 1. The minimum Gasteiger partial charge on any atom is -0.493 e. The monoisotopic (exact) mass is 562 g/mol. The Labute approximate surface area is 240 Å². The Hall–Kier alpha value is -4.35. The molecule has 2 heterocycles. The molecule has 1 aromatic heterocycles. The Balaban J connectivity index is 1.41. The number of nitrogen functional groups attached to an aromatic ring is 1. The number of methoxy groups -OCH3 is 2. The molecule has 0 bridgehead atoms. The first-order valence-corrected chi connectivity index (χ1v) is 13.7. The first-order valence-electron chi connectivity index (χ1n) is 13.7. The van der Waals surface area contributed by atoms with Crippen LogP contribution >= 0.6 is 0 Å². The van der Waals surface area contributed by atoms with Crippen LogP contribution in [0.2, 0.25) is 0 Å². The number of carbonyl (C=O) groups excluding carboxylic acids is 2. The lowest BCUT2D eigenvalue weighted by Gasteiger charge is -2.27. The maximum atomic E-state index is 13.4. The number of carbonyl (C=O) groups is 2.